The molecule has 0 spiro atoms. The second kappa shape index (κ2) is 6.63. The van der Waals surface area contributed by atoms with Gasteiger partial charge in [-0.05, 0) is 27.9 Å². The number of carbonyl (C=O) groups is 1. The smallest absolute Gasteiger partial charge is 0.270 e. The van der Waals surface area contributed by atoms with E-state index in [0.717, 1.165) is 6.42 Å². The van der Waals surface area contributed by atoms with Gasteiger partial charge in [-0.2, -0.15) is 0 Å². The van der Waals surface area contributed by atoms with Crippen molar-refractivity contribution in [2.24, 2.45) is 11.7 Å². The van der Waals surface area contributed by atoms with Crippen LogP contribution >= 0.6 is 15.9 Å². The van der Waals surface area contributed by atoms with Crippen molar-refractivity contribution in [3.63, 3.8) is 0 Å². The molecule has 0 fully saturated rings. The maximum absolute atomic E-state index is 11.9. The van der Waals surface area contributed by atoms with E-state index < -0.39 is 11.0 Å². The number of nitrogens with two attached hydrogens (primary N) is 1. The van der Waals surface area contributed by atoms with Crippen LogP contribution in [0.3, 0.4) is 0 Å². The van der Waals surface area contributed by atoms with Crippen molar-refractivity contribution in [3.8, 4) is 0 Å². The maximum atomic E-state index is 11.9. The average molecular weight is 330 g/mol. The fourth-order valence-electron chi connectivity index (χ4n) is 1.45. The third-order valence-corrected chi connectivity index (χ3v) is 3.64. The third-order valence-electron chi connectivity index (χ3n) is 2.98. The van der Waals surface area contributed by atoms with Crippen LogP contribution in [0.5, 0.6) is 0 Å². The zero-order valence-electron chi connectivity index (χ0n) is 10.7. The monoisotopic (exact) mass is 329 g/mol. The molecule has 1 aromatic carbocycles. The Morgan fingerprint density at radius 1 is 1.58 bits per heavy atom. The first-order valence-corrected chi connectivity index (χ1v) is 6.66. The van der Waals surface area contributed by atoms with Gasteiger partial charge in [-0.25, -0.2) is 0 Å². The van der Waals surface area contributed by atoms with Gasteiger partial charge in [-0.1, -0.05) is 20.3 Å². The molecule has 0 aliphatic heterocycles. The van der Waals surface area contributed by atoms with Crippen molar-refractivity contribution in [3.05, 3.63) is 32.8 Å². The van der Waals surface area contributed by atoms with Gasteiger partial charge in [0, 0.05) is 16.6 Å². The van der Waals surface area contributed by atoms with Gasteiger partial charge < -0.3 is 11.1 Å². The molecule has 0 heterocycles. The Morgan fingerprint density at radius 3 is 2.68 bits per heavy atom. The number of benzene rings is 1. The number of nitrogens with one attached hydrogen (secondary N) is 1. The molecule has 1 aromatic rings. The molecule has 2 atom stereocenters. The van der Waals surface area contributed by atoms with E-state index in [-0.39, 0.29) is 17.5 Å². The van der Waals surface area contributed by atoms with Crippen molar-refractivity contribution in [2.75, 3.05) is 5.32 Å². The topological polar surface area (TPSA) is 98.3 Å². The van der Waals surface area contributed by atoms with Crippen LogP contribution in [0.15, 0.2) is 22.7 Å². The predicted octanol–water partition coefficient (Wildman–Crippen LogP) is 2.67. The van der Waals surface area contributed by atoms with Crippen LogP contribution in [0.4, 0.5) is 11.4 Å². The summed E-state index contributed by atoms with van der Waals surface area (Å²) in [5.41, 5.74) is 6.23. The number of non-ortho nitro benzene ring substituents is 1. The van der Waals surface area contributed by atoms with Crippen molar-refractivity contribution < 1.29 is 9.72 Å². The molecule has 0 aliphatic rings. The molecule has 7 heteroatoms. The highest BCUT2D eigenvalue weighted by molar-refractivity contribution is 9.10. The van der Waals surface area contributed by atoms with Gasteiger partial charge >= 0.3 is 0 Å². The minimum Gasteiger partial charge on any atom is -0.324 e. The van der Waals surface area contributed by atoms with Gasteiger partial charge in [0.2, 0.25) is 5.91 Å². The summed E-state index contributed by atoms with van der Waals surface area (Å²) in [5.74, 6) is -0.235. The van der Waals surface area contributed by atoms with Gasteiger partial charge in [0.05, 0.1) is 16.7 Å². The first-order chi connectivity index (χ1) is 8.86. The van der Waals surface area contributed by atoms with Crippen LogP contribution in [0.1, 0.15) is 20.3 Å². The number of rotatable bonds is 5. The Morgan fingerprint density at radius 2 is 2.21 bits per heavy atom. The lowest BCUT2D eigenvalue weighted by molar-refractivity contribution is -0.384. The molecule has 1 rings (SSSR count). The zero-order chi connectivity index (χ0) is 14.6. The van der Waals surface area contributed by atoms with Crippen molar-refractivity contribution in [1.82, 2.24) is 0 Å². The molecule has 104 valence electrons. The molecule has 0 saturated carbocycles. The summed E-state index contributed by atoms with van der Waals surface area (Å²) in [4.78, 5) is 22.0. The van der Waals surface area contributed by atoms with E-state index >= 15 is 0 Å². The Balaban J connectivity index is 2.83. The summed E-state index contributed by atoms with van der Waals surface area (Å²) < 4.78 is 0.450. The van der Waals surface area contributed by atoms with Crippen LogP contribution in [-0.2, 0) is 4.79 Å². The highest BCUT2D eigenvalue weighted by Crippen LogP contribution is 2.27. The summed E-state index contributed by atoms with van der Waals surface area (Å²) in [7, 11) is 0. The van der Waals surface area contributed by atoms with Gasteiger partial charge in [-0.3, -0.25) is 14.9 Å². The molecule has 0 aromatic heterocycles. The Hall–Kier alpha value is -1.47. The van der Waals surface area contributed by atoms with Crippen molar-refractivity contribution in [1.29, 1.82) is 0 Å². The molecule has 0 saturated heterocycles. The number of nitro groups is 1. The number of amides is 1. The van der Waals surface area contributed by atoms with E-state index in [1.54, 1.807) is 0 Å². The van der Waals surface area contributed by atoms with Gasteiger partial charge in [0.1, 0.15) is 0 Å². The number of carbonyl (C=O) groups excluding carboxylic acids is 1. The number of hydrogen-bond acceptors (Lipinski definition) is 4. The van der Waals surface area contributed by atoms with Gasteiger partial charge in [-0.15, -0.1) is 0 Å². The van der Waals surface area contributed by atoms with Crippen LogP contribution in [-0.4, -0.2) is 16.9 Å². The largest absolute Gasteiger partial charge is 0.324 e. The molecule has 19 heavy (non-hydrogen) atoms. The summed E-state index contributed by atoms with van der Waals surface area (Å²) in [5, 5.41) is 13.3. The first kappa shape index (κ1) is 15.6. The molecule has 1 amide bonds. The van der Waals surface area contributed by atoms with E-state index in [0.29, 0.717) is 10.2 Å². The van der Waals surface area contributed by atoms with Crippen LogP contribution in [0.25, 0.3) is 0 Å². The quantitative estimate of drug-likeness (QED) is 0.640. The summed E-state index contributed by atoms with van der Waals surface area (Å²) in [6.45, 7) is 3.86. The van der Waals surface area contributed by atoms with Crippen LogP contribution in [0.2, 0.25) is 0 Å². The molecular formula is C12H16BrN3O3. The second-order valence-corrected chi connectivity index (χ2v) is 5.18. The Labute approximate surface area is 119 Å². The Bertz CT molecular complexity index is 493. The highest BCUT2D eigenvalue weighted by Gasteiger charge is 2.20. The number of hydrogen-bond donors (Lipinski definition) is 2. The third kappa shape index (κ3) is 4.00. The number of halogens is 1. The fraction of sp³-hybridized carbons (Fsp3) is 0.417. The second-order valence-electron chi connectivity index (χ2n) is 4.32. The minimum atomic E-state index is -0.605. The van der Waals surface area contributed by atoms with Gasteiger partial charge in [0.15, 0.2) is 0 Å². The normalized spacial score (nSPS) is 13.7. The fourth-order valence-corrected chi connectivity index (χ4v) is 1.91. The van der Waals surface area contributed by atoms with Crippen molar-refractivity contribution >= 4 is 33.2 Å². The zero-order valence-corrected chi connectivity index (χ0v) is 12.3. The lowest BCUT2D eigenvalue weighted by atomic mass is 9.99. The lowest BCUT2D eigenvalue weighted by Gasteiger charge is -2.18. The summed E-state index contributed by atoms with van der Waals surface area (Å²) >= 11 is 3.19. The first-order valence-electron chi connectivity index (χ1n) is 5.87. The van der Waals surface area contributed by atoms with E-state index in [2.05, 4.69) is 21.2 Å². The molecule has 0 radical (unpaired) electrons. The SMILES string of the molecule is CCC(C)C(N)C(=O)Nc1ccc([N+](=O)[O-])cc1Br. The number of nitro benzene ring substituents is 1. The summed E-state index contributed by atoms with van der Waals surface area (Å²) in [6, 6.07) is 3.54. The maximum Gasteiger partial charge on any atom is 0.270 e. The van der Waals surface area contributed by atoms with Crippen LogP contribution < -0.4 is 11.1 Å². The van der Waals surface area contributed by atoms with E-state index in [9.17, 15) is 14.9 Å². The van der Waals surface area contributed by atoms with Crippen LogP contribution in [0, 0.1) is 16.0 Å². The standard InChI is InChI=1S/C12H16BrN3O3/c1-3-7(2)11(14)12(17)15-10-5-4-8(16(18)19)6-9(10)13/h4-7,11H,3,14H2,1-2H3,(H,15,17). The lowest BCUT2D eigenvalue weighted by Crippen LogP contribution is -2.40. The van der Waals surface area contributed by atoms with E-state index in [1.807, 2.05) is 13.8 Å². The molecule has 6 nitrogen and oxygen atoms in total. The number of anilines is 1. The summed E-state index contributed by atoms with van der Waals surface area (Å²) in [6.07, 6.45) is 0.802. The molecule has 2 unspecified atom stereocenters. The Kier molecular flexibility index (Phi) is 5.44. The molecule has 0 aliphatic carbocycles. The average Bonchev–Trinajstić information content (AvgIpc) is 2.38. The van der Waals surface area contributed by atoms with E-state index in [4.69, 9.17) is 5.73 Å². The minimum absolute atomic E-state index is 0.0453. The predicted molar refractivity (Wildman–Crippen MR) is 76.9 cm³/mol. The molecule has 0 bridgehead atoms. The van der Waals surface area contributed by atoms with Gasteiger partial charge in [0.25, 0.3) is 5.69 Å². The van der Waals surface area contributed by atoms with E-state index in [1.165, 1.54) is 18.2 Å². The number of nitrogens with zero attached hydrogens (tertiary/aromatic N) is 1. The molecule has 3 N–H and O–H groups in total. The molecular weight excluding hydrogens is 314 g/mol. The highest BCUT2D eigenvalue weighted by atomic mass is 79.9. The van der Waals surface area contributed by atoms with Crippen molar-refractivity contribution in [2.45, 2.75) is 26.3 Å².